The fourth-order valence-corrected chi connectivity index (χ4v) is 0.908. The van der Waals surface area contributed by atoms with Crippen LogP contribution in [0.3, 0.4) is 0 Å². The molecular weight excluding hydrogens is 126 g/mol. The summed E-state index contributed by atoms with van der Waals surface area (Å²) in [4.78, 5) is 0. The molecule has 0 unspecified atom stereocenters. The van der Waals surface area contributed by atoms with E-state index in [0.29, 0.717) is 0 Å². The Kier molecular flexibility index (Phi) is 0.974. The molecule has 2 heterocycles. The van der Waals surface area contributed by atoms with Gasteiger partial charge >= 0.3 is 0 Å². The maximum atomic E-state index is 3.87. The van der Waals surface area contributed by atoms with Crippen molar-refractivity contribution >= 4 is 5.65 Å². The summed E-state index contributed by atoms with van der Waals surface area (Å²) in [6.07, 6.45) is 3.55. The number of pyridine rings is 1. The molecule has 0 atom stereocenters. The van der Waals surface area contributed by atoms with Crippen LogP contribution in [0.2, 0.25) is 0 Å². The van der Waals surface area contributed by atoms with Crippen LogP contribution in [0.25, 0.3) is 5.65 Å². The summed E-state index contributed by atoms with van der Waals surface area (Å²) in [6, 6.07) is 3.82. The molecule has 0 N–H and O–H groups in total. The maximum Gasteiger partial charge on any atom is 0.163 e. The largest absolute Gasteiger partial charge is 0.289 e. The van der Waals surface area contributed by atoms with Gasteiger partial charge in [0.1, 0.15) is 6.33 Å². The minimum atomic E-state index is 0.822. The predicted octanol–water partition coefficient (Wildman–Crippen LogP) is 0.911. The first kappa shape index (κ1) is 5.41. The van der Waals surface area contributed by atoms with Gasteiger partial charge in [-0.2, -0.15) is 0 Å². The second kappa shape index (κ2) is 1.80. The molecule has 3 nitrogen and oxygen atoms in total. The zero-order valence-electron chi connectivity index (χ0n) is 5.36. The van der Waals surface area contributed by atoms with Crippen LogP contribution in [0.1, 0.15) is 5.56 Å². The molecule has 2 aromatic heterocycles. The first-order valence-corrected chi connectivity index (χ1v) is 2.98. The molecule has 10 heavy (non-hydrogen) atoms. The van der Waals surface area contributed by atoms with E-state index in [4.69, 9.17) is 0 Å². The fourth-order valence-electron chi connectivity index (χ4n) is 0.908. The van der Waals surface area contributed by atoms with Crippen LogP contribution < -0.4 is 0 Å². The lowest BCUT2D eigenvalue weighted by molar-refractivity contribution is 1.10. The van der Waals surface area contributed by atoms with E-state index in [1.807, 2.05) is 22.7 Å². The summed E-state index contributed by atoms with van der Waals surface area (Å²) >= 11 is 0. The molecule has 2 rings (SSSR count). The Morgan fingerprint density at radius 1 is 1.50 bits per heavy atom. The van der Waals surface area contributed by atoms with Crippen LogP contribution in [0.5, 0.6) is 0 Å². The first-order chi connectivity index (χ1) is 4.88. The Balaban J connectivity index is 2.95. The van der Waals surface area contributed by atoms with Gasteiger partial charge in [-0.05, 0) is 18.6 Å². The summed E-state index contributed by atoms with van der Waals surface area (Å²) in [6.45, 7) is 3.80. The van der Waals surface area contributed by atoms with Crippen LogP contribution in [0.15, 0.2) is 24.7 Å². The van der Waals surface area contributed by atoms with E-state index in [1.165, 1.54) is 0 Å². The standard InChI is InChI=1S/C7H6N3/c1-6-3-2-4-10-5-8-9-7(6)10/h2-5H,1H2. The molecule has 0 amide bonds. The van der Waals surface area contributed by atoms with Crippen LogP contribution in [-0.2, 0) is 0 Å². The molecule has 0 aliphatic heterocycles. The van der Waals surface area contributed by atoms with E-state index >= 15 is 0 Å². The van der Waals surface area contributed by atoms with Crippen LogP contribution in [0, 0.1) is 6.92 Å². The van der Waals surface area contributed by atoms with Gasteiger partial charge in [0.25, 0.3) is 0 Å². The molecule has 0 aliphatic carbocycles. The van der Waals surface area contributed by atoms with E-state index in [1.54, 1.807) is 6.33 Å². The van der Waals surface area contributed by atoms with Crippen LogP contribution in [-0.4, -0.2) is 14.6 Å². The summed E-state index contributed by atoms with van der Waals surface area (Å²) < 4.78 is 1.84. The van der Waals surface area contributed by atoms with Gasteiger partial charge in [-0.1, -0.05) is 6.07 Å². The van der Waals surface area contributed by atoms with Crippen molar-refractivity contribution in [2.45, 2.75) is 0 Å². The lowest BCUT2D eigenvalue weighted by Crippen LogP contribution is -1.83. The van der Waals surface area contributed by atoms with E-state index in [0.717, 1.165) is 11.2 Å². The van der Waals surface area contributed by atoms with Crippen molar-refractivity contribution in [2.75, 3.05) is 0 Å². The average Bonchev–Trinajstić information content (AvgIpc) is 2.36. The number of rotatable bonds is 0. The van der Waals surface area contributed by atoms with Gasteiger partial charge < -0.3 is 0 Å². The number of aromatic nitrogens is 3. The Morgan fingerprint density at radius 2 is 2.40 bits per heavy atom. The normalized spacial score (nSPS) is 10.5. The molecule has 0 bridgehead atoms. The first-order valence-electron chi connectivity index (χ1n) is 2.98. The van der Waals surface area contributed by atoms with Crippen molar-refractivity contribution in [3.8, 4) is 0 Å². The maximum absolute atomic E-state index is 3.87. The topological polar surface area (TPSA) is 30.2 Å². The van der Waals surface area contributed by atoms with Gasteiger partial charge in [0.15, 0.2) is 5.65 Å². The molecule has 2 aromatic rings. The number of hydrogen-bond acceptors (Lipinski definition) is 2. The highest BCUT2D eigenvalue weighted by molar-refractivity contribution is 5.47. The molecule has 49 valence electrons. The molecule has 0 fully saturated rings. The zero-order chi connectivity index (χ0) is 6.97. The monoisotopic (exact) mass is 132 g/mol. The summed E-state index contributed by atoms with van der Waals surface area (Å²) in [7, 11) is 0. The van der Waals surface area contributed by atoms with E-state index in [-0.39, 0.29) is 0 Å². The van der Waals surface area contributed by atoms with E-state index in [2.05, 4.69) is 17.1 Å². The Labute approximate surface area is 58.3 Å². The minimum Gasteiger partial charge on any atom is -0.289 e. The smallest absolute Gasteiger partial charge is 0.163 e. The molecule has 0 aliphatic rings. The molecule has 0 spiro atoms. The Morgan fingerprint density at radius 3 is 3.20 bits per heavy atom. The predicted molar refractivity (Wildman–Crippen MR) is 37.4 cm³/mol. The lowest BCUT2D eigenvalue weighted by atomic mass is 10.3. The highest BCUT2D eigenvalue weighted by Crippen LogP contribution is 2.03. The van der Waals surface area contributed by atoms with E-state index < -0.39 is 0 Å². The third kappa shape index (κ3) is 0.603. The van der Waals surface area contributed by atoms with Crippen molar-refractivity contribution in [1.29, 1.82) is 0 Å². The van der Waals surface area contributed by atoms with Gasteiger partial charge in [-0.15, -0.1) is 10.2 Å². The molecule has 3 heteroatoms. The molecule has 0 aromatic carbocycles. The highest BCUT2D eigenvalue weighted by Gasteiger charge is 1.94. The summed E-state index contributed by atoms with van der Waals surface area (Å²) in [5.74, 6) is 0. The van der Waals surface area contributed by atoms with Gasteiger partial charge in [-0.25, -0.2) is 0 Å². The third-order valence-electron chi connectivity index (χ3n) is 1.40. The second-order valence-electron chi connectivity index (χ2n) is 2.10. The van der Waals surface area contributed by atoms with Crippen molar-refractivity contribution < 1.29 is 0 Å². The Bertz CT molecular complexity index is 350. The molecule has 0 saturated heterocycles. The average molecular weight is 132 g/mol. The molecular formula is C7H6N3. The highest BCUT2D eigenvalue weighted by atomic mass is 15.2. The lowest BCUT2D eigenvalue weighted by Gasteiger charge is -1.92. The van der Waals surface area contributed by atoms with Gasteiger partial charge in [0.05, 0.1) is 0 Å². The van der Waals surface area contributed by atoms with Crippen molar-refractivity contribution in [3.05, 3.63) is 37.1 Å². The zero-order valence-corrected chi connectivity index (χ0v) is 5.36. The quantitative estimate of drug-likeness (QED) is 0.533. The fraction of sp³-hybridized carbons (Fsp3) is 0. The van der Waals surface area contributed by atoms with Gasteiger partial charge in [-0.3, -0.25) is 4.40 Å². The van der Waals surface area contributed by atoms with Crippen molar-refractivity contribution in [2.24, 2.45) is 0 Å². The number of fused-ring (bicyclic) bond motifs is 1. The summed E-state index contributed by atoms with van der Waals surface area (Å²) in [5.41, 5.74) is 1.72. The van der Waals surface area contributed by atoms with Gasteiger partial charge in [0, 0.05) is 6.20 Å². The second-order valence-corrected chi connectivity index (χ2v) is 2.10. The molecule has 1 radical (unpaired) electrons. The number of nitrogens with zero attached hydrogens (tertiary/aromatic N) is 3. The van der Waals surface area contributed by atoms with E-state index in [9.17, 15) is 0 Å². The van der Waals surface area contributed by atoms with Gasteiger partial charge in [0.2, 0.25) is 0 Å². The van der Waals surface area contributed by atoms with Crippen molar-refractivity contribution in [3.63, 3.8) is 0 Å². The van der Waals surface area contributed by atoms with Crippen LogP contribution in [0.4, 0.5) is 0 Å². The summed E-state index contributed by atoms with van der Waals surface area (Å²) in [5, 5.41) is 7.60. The third-order valence-corrected chi connectivity index (χ3v) is 1.40. The Hall–Kier alpha value is -1.38. The number of hydrogen-bond donors (Lipinski definition) is 0. The van der Waals surface area contributed by atoms with Crippen molar-refractivity contribution in [1.82, 2.24) is 14.6 Å². The minimum absolute atomic E-state index is 0.822. The van der Waals surface area contributed by atoms with Crippen LogP contribution >= 0.6 is 0 Å². The SMILES string of the molecule is [CH2]c1cccn2cnnc12. The molecule has 0 saturated carbocycles.